The van der Waals surface area contributed by atoms with Gasteiger partial charge in [-0.3, -0.25) is 39.2 Å². The fraction of sp³-hybridized carbons (Fsp3) is 0.520. The van der Waals surface area contributed by atoms with Gasteiger partial charge < -0.3 is 19.6 Å². The van der Waals surface area contributed by atoms with Crippen molar-refractivity contribution in [1.29, 1.82) is 0 Å². The number of nitrogens with zero attached hydrogens (tertiary/aromatic N) is 12. The summed E-state index contributed by atoms with van der Waals surface area (Å²) in [4.78, 5) is 26.6. The lowest BCUT2D eigenvalue weighted by Crippen LogP contribution is -2.29. The molecule has 0 saturated heterocycles. The highest BCUT2D eigenvalue weighted by Gasteiger charge is 2.14. The quantitative estimate of drug-likeness (QED) is 0.0683. The van der Waals surface area contributed by atoms with E-state index >= 15 is 0 Å². The van der Waals surface area contributed by atoms with Crippen LogP contribution in [0.5, 0.6) is 0 Å². The van der Waals surface area contributed by atoms with Gasteiger partial charge in [-0.05, 0) is 238 Å². The molecule has 0 spiro atoms. The molecule has 0 aliphatic heterocycles. The first-order valence-electron chi connectivity index (χ1n) is 43.2. The molecule has 116 heavy (non-hydrogen) atoms. The number of hydrogen-bond donors (Lipinski definition) is 0. The van der Waals surface area contributed by atoms with E-state index in [9.17, 15) is 0 Å². The zero-order valence-electron chi connectivity index (χ0n) is 81.7. The molecular formula is C100H172N12S4. The summed E-state index contributed by atoms with van der Waals surface area (Å²) in [7, 11) is 42.0. The van der Waals surface area contributed by atoms with Crippen molar-refractivity contribution in [2.75, 3.05) is 194 Å². The Morgan fingerprint density at radius 2 is 0.466 bits per heavy atom. The van der Waals surface area contributed by atoms with Crippen LogP contribution in [0.25, 0.3) is 80.7 Å². The van der Waals surface area contributed by atoms with Gasteiger partial charge in [-0.25, -0.2) is 0 Å². The maximum Gasteiger partial charge on any atom is 0.0501 e. The average Bonchev–Trinajstić information content (AvgIpc) is 1.64. The summed E-state index contributed by atoms with van der Waals surface area (Å²) in [6.07, 6.45) is 0. The van der Waals surface area contributed by atoms with Crippen molar-refractivity contribution in [3.63, 3.8) is 0 Å². The Kier molecular flexibility index (Phi) is 71.2. The summed E-state index contributed by atoms with van der Waals surface area (Å²) in [5.74, 6) is 0. The second-order valence-electron chi connectivity index (χ2n) is 28.2. The summed E-state index contributed by atoms with van der Waals surface area (Å²) in [5, 5.41) is 11.1. The molecule has 0 saturated carbocycles. The van der Waals surface area contributed by atoms with Gasteiger partial charge in [0.1, 0.15) is 0 Å². The van der Waals surface area contributed by atoms with Crippen molar-refractivity contribution in [2.24, 2.45) is 0 Å². The highest BCUT2D eigenvalue weighted by Crippen LogP contribution is 2.39. The van der Waals surface area contributed by atoms with E-state index < -0.39 is 0 Å². The molecular weight excluding hydrogens is 1500 g/mol. The van der Waals surface area contributed by atoms with E-state index in [0.29, 0.717) is 0 Å². The normalized spacial score (nSPS) is 10.4. The minimum Gasteiger partial charge on any atom is -0.310 e. The SMILES string of the molecule is CC.CC.CC.CC.CC.CC.CC.CC.CCN(C)C.CCN(C)C.CCN(C)C.CCN(C)C.CN(C)CN(C)Cc1ccc2c(c1)sc1ccccc12.CN(C)CN(C)Cc1ccc2sc3ccccc3c2c1.CN(C)CN(C)Cc1cccc2c1sc1ccccc12.CN(C)CN(C)Cc1cccc2sc3ccccc3c12. The van der Waals surface area contributed by atoms with Gasteiger partial charge in [0.25, 0.3) is 0 Å². The highest BCUT2D eigenvalue weighted by atomic mass is 32.1. The molecule has 12 nitrogen and oxygen atoms in total. The maximum absolute atomic E-state index is 2.35. The van der Waals surface area contributed by atoms with Crippen LogP contribution in [0.2, 0.25) is 0 Å². The molecule has 4 aromatic heterocycles. The van der Waals surface area contributed by atoms with E-state index in [-0.39, 0.29) is 0 Å². The zero-order valence-corrected chi connectivity index (χ0v) is 84.9. The van der Waals surface area contributed by atoms with Gasteiger partial charge in [-0.2, -0.15) is 0 Å². The monoisotopic (exact) mass is 1670 g/mol. The summed E-state index contributed by atoms with van der Waals surface area (Å²) in [5.41, 5.74) is 5.61. The summed E-state index contributed by atoms with van der Waals surface area (Å²) >= 11 is 7.56. The van der Waals surface area contributed by atoms with Crippen LogP contribution in [0.4, 0.5) is 0 Å². The zero-order chi connectivity index (χ0) is 89.6. The molecule has 0 N–H and O–H groups in total. The molecule has 0 unspecified atom stereocenters. The van der Waals surface area contributed by atoms with Crippen LogP contribution in [0.15, 0.2) is 170 Å². The molecule has 12 rings (SSSR count). The van der Waals surface area contributed by atoms with Gasteiger partial charge in [-0.1, -0.05) is 260 Å². The average molecular weight is 1670 g/mol. The van der Waals surface area contributed by atoms with E-state index in [1.54, 1.807) is 0 Å². The molecule has 0 aliphatic carbocycles. The Bertz CT molecular complexity index is 4200. The molecule has 0 atom stereocenters. The Labute approximate surface area is 730 Å². The Morgan fingerprint density at radius 1 is 0.207 bits per heavy atom. The van der Waals surface area contributed by atoms with Gasteiger partial charge in [0, 0.05) is 107 Å². The molecule has 16 heteroatoms. The Morgan fingerprint density at radius 3 is 0.862 bits per heavy atom. The van der Waals surface area contributed by atoms with Gasteiger partial charge in [0.05, 0.1) is 26.7 Å². The molecule has 0 fully saturated rings. The van der Waals surface area contributed by atoms with Gasteiger partial charge in [-0.15, -0.1) is 45.3 Å². The lowest BCUT2D eigenvalue weighted by Gasteiger charge is -2.21. The number of benzene rings is 8. The lowest BCUT2D eigenvalue weighted by molar-refractivity contribution is 0.204. The highest BCUT2D eigenvalue weighted by molar-refractivity contribution is 7.27. The van der Waals surface area contributed by atoms with E-state index in [0.717, 1.165) is 79.0 Å². The first-order valence-corrected chi connectivity index (χ1v) is 46.4. The predicted molar refractivity (Wildman–Crippen MR) is 545 cm³/mol. The Balaban J connectivity index is -0.000000633. The molecule has 0 amide bonds. The third-order valence-electron chi connectivity index (χ3n) is 16.3. The number of hydrogen-bond acceptors (Lipinski definition) is 16. The van der Waals surface area contributed by atoms with Crippen molar-refractivity contribution in [3.05, 3.63) is 192 Å². The van der Waals surface area contributed by atoms with Gasteiger partial charge in [0.2, 0.25) is 0 Å². The van der Waals surface area contributed by atoms with Crippen LogP contribution >= 0.6 is 45.3 Å². The van der Waals surface area contributed by atoms with Crippen molar-refractivity contribution in [3.8, 4) is 0 Å². The standard InChI is InChI=1S/4C17H20N2S.4C4H11N.8C2H6/c1-18(2)12-19(3)11-13-7-6-9-15-14-8-4-5-10-16(14)20-17(13)15;1-18(2)12-19(3)11-13-7-6-10-16-17(13)14-8-4-5-9-15(14)20-16;1-18(2)12-19(3)11-13-8-9-17-15(10-13)14-6-4-5-7-16(14)20-17;1-18(2)12-19(3)11-13-8-9-15-14-6-4-5-7-16(14)20-17(15)10-13;4*1-4-5(2)3;8*1-2/h4*4-10H,11-12H2,1-3H3;4*4H2,1-3H3;8*1-2H3. The third-order valence-corrected chi connectivity index (χ3v) is 21.0. The van der Waals surface area contributed by atoms with Gasteiger partial charge >= 0.3 is 0 Å². The number of fused-ring (bicyclic) bond motifs is 12. The second kappa shape index (κ2) is 70.9. The molecule has 0 aliphatic rings. The van der Waals surface area contributed by atoms with Gasteiger partial charge in [0.15, 0.2) is 0 Å². The van der Waals surface area contributed by atoms with E-state index in [1.807, 2.05) is 156 Å². The lowest BCUT2D eigenvalue weighted by atomic mass is 10.1. The minimum atomic E-state index is 0.971. The van der Waals surface area contributed by atoms with E-state index in [4.69, 9.17) is 0 Å². The molecule has 0 radical (unpaired) electrons. The van der Waals surface area contributed by atoms with Crippen molar-refractivity contribution < 1.29 is 0 Å². The van der Waals surface area contributed by atoms with Crippen molar-refractivity contribution >= 4 is 126 Å². The van der Waals surface area contributed by atoms with Crippen LogP contribution in [0.3, 0.4) is 0 Å². The third kappa shape index (κ3) is 46.1. The van der Waals surface area contributed by atoms with E-state index in [1.165, 1.54) is 103 Å². The fourth-order valence-corrected chi connectivity index (χ4v) is 15.6. The smallest absolute Gasteiger partial charge is 0.0501 e. The van der Waals surface area contributed by atoms with Crippen molar-refractivity contribution in [2.45, 2.75) is 165 Å². The second-order valence-corrected chi connectivity index (χ2v) is 32.5. The number of rotatable bonds is 20. The first kappa shape index (κ1) is 116. The van der Waals surface area contributed by atoms with Crippen LogP contribution in [0.1, 0.15) is 161 Å². The van der Waals surface area contributed by atoms with Crippen LogP contribution in [0, 0.1) is 0 Å². The Hall–Kier alpha value is -5.84. The number of thiophene rings is 4. The van der Waals surface area contributed by atoms with E-state index in [2.05, 4.69) is 397 Å². The van der Waals surface area contributed by atoms with Crippen LogP contribution in [-0.4, -0.2) is 253 Å². The topological polar surface area (TPSA) is 38.9 Å². The molecule has 12 aromatic rings. The molecule has 4 heterocycles. The molecule has 656 valence electrons. The first-order chi connectivity index (χ1) is 55.6. The fourth-order valence-electron chi connectivity index (χ4n) is 11.0. The predicted octanol–water partition coefficient (Wildman–Crippen LogP) is 26.5. The maximum atomic E-state index is 2.35. The molecule has 0 bridgehead atoms. The van der Waals surface area contributed by atoms with Crippen molar-refractivity contribution in [1.82, 2.24) is 58.8 Å². The summed E-state index contributed by atoms with van der Waals surface area (Å²) in [6.45, 7) is 52.9. The van der Waals surface area contributed by atoms with Crippen LogP contribution < -0.4 is 0 Å². The summed E-state index contributed by atoms with van der Waals surface area (Å²) in [6, 6.07) is 61.8. The molecule has 8 aromatic carbocycles. The minimum absolute atomic E-state index is 0.971. The van der Waals surface area contributed by atoms with Crippen LogP contribution in [-0.2, 0) is 26.2 Å². The summed E-state index contributed by atoms with van der Waals surface area (Å²) < 4.78 is 11.1. The largest absolute Gasteiger partial charge is 0.310 e.